The average molecular weight is 152 g/mol. The molecule has 0 saturated heterocycles. The summed E-state index contributed by atoms with van der Waals surface area (Å²) in [6, 6.07) is 0. The van der Waals surface area contributed by atoms with Gasteiger partial charge in [-0.15, -0.1) is 0 Å². The Morgan fingerprint density at radius 2 is 1.73 bits per heavy atom. The van der Waals surface area contributed by atoms with Gasteiger partial charge in [0, 0.05) is 12.4 Å². The lowest BCUT2D eigenvalue weighted by Crippen LogP contribution is -1.84. The van der Waals surface area contributed by atoms with Crippen LogP contribution in [0.25, 0.3) is 0 Å². The normalized spacial score (nSPS) is 8.27. The summed E-state index contributed by atoms with van der Waals surface area (Å²) in [5.74, 6) is 0. The second kappa shape index (κ2) is 7.19. The molecule has 0 N–H and O–H groups in total. The van der Waals surface area contributed by atoms with Crippen LogP contribution in [0.15, 0.2) is 18.7 Å². The molecule has 0 aliphatic carbocycles. The van der Waals surface area contributed by atoms with Crippen LogP contribution in [-0.2, 0) is 6.42 Å². The molecule has 0 radical (unpaired) electrons. The predicted molar refractivity (Wildman–Crippen MR) is 47.4 cm³/mol. The first kappa shape index (κ1) is 10.1. The lowest BCUT2D eigenvalue weighted by molar-refractivity contribution is 0.900. The van der Waals surface area contributed by atoms with Gasteiger partial charge in [-0.3, -0.25) is 0 Å². The maximum Gasteiger partial charge on any atom is 0.115 e. The Kier molecular flexibility index (Phi) is 6.59. The van der Waals surface area contributed by atoms with Crippen molar-refractivity contribution in [2.24, 2.45) is 0 Å². The molecule has 1 rings (SSSR count). The van der Waals surface area contributed by atoms with Crippen molar-refractivity contribution in [1.29, 1.82) is 0 Å². The van der Waals surface area contributed by atoms with Crippen molar-refractivity contribution in [3.05, 3.63) is 24.3 Å². The van der Waals surface area contributed by atoms with E-state index in [9.17, 15) is 0 Å². The molecule has 0 amide bonds. The van der Waals surface area contributed by atoms with E-state index in [1.54, 1.807) is 6.33 Å². The fourth-order valence-electron chi connectivity index (χ4n) is 0.748. The van der Waals surface area contributed by atoms with Crippen molar-refractivity contribution >= 4 is 0 Å². The molecular weight excluding hydrogens is 136 g/mol. The molecule has 0 fully saturated rings. The molecule has 2 heteroatoms. The Morgan fingerprint density at radius 1 is 1.18 bits per heavy atom. The Hall–Kier alpha value is -0.920. The van der Waals surface area contributed by atoms with E-state index in [4.69, 9.17) is 0 Å². The smallest absolute Gasteiger partial charge is 0.115 e. The second-order valence-corrected chi connectivity index (χ2v) is 2.00. The van der Waals surface area contributed by atoms with Crippen molar-refractivity contribution in [1.82, 2.24) is 9.97 Å². The summed E-state index contributed by atoms with van der Waals surface area (Å²) in [6.45, 7) is 6.15. The zero-order chi connectivity index (χ0) is 8.53. The van der Waals surface area contributed by atoms with E-state index in [1.165, 1.54) is 5.56 Å². The van der Waals surface area contributed by atoms with Gasteiger partial charge in [0.15, 0.2) is 0 Å². The van der Waals surface area contributed by atoms with Crippen LogP contribution in [0.1, 0.15) is 32.8 Å². The highest BCUT2D eigenvalue weighted by Crippen LogP contribution is 1.95. The Balaban J connectivity index is 0.000000461. The van der Waals surface area contributed by atoms with E-state index in [0.717, 1.165) is 12.8 Å². The van der Waals surface area contributed by atoms with E-state index in [1.807, 2.05) is 26.2 Å². The first-order chi connectivity index (χ1) is 5.43. The van der Waals surface area contributed by atoms with Crippen LogP contribution in [0.2, 0.25) is 0 Å². The highest BCUT2D eigenvalue weighted by molar-refractivity contribution is 5.01. The van der Waals surface area contributed by atoms with Crippen LogP contribution in [0, 0.1) is 0 Å². The maximum atomic E-state index is 3.89. The third-order valence-electron chi connectivity index (χ3n) is 1.15. The van der Waals surface area contributed by atoms with Crippen molar-refractivity contribution in [2.45, 2.75) is 33.6 Å². The van der Waals surface area contributed by atoms with Gasteiger partial charge in [-0.05, 0) is 12.0 Å². The minimum absolute atomic E-state index is 1.08. The summed E-state index contributed by atoms with van der Waals surface area (Å²) < 4.78 is 0. The first-order valence-corrected chi connectivity index (χ1v) is 4.17. The minimum atomic E-state index is 1.08. The molecule has 0 saturated carbocycles. The number of hydrogen-bond acceptors (Lipinski definition) is 2. The van der Waals surface area contributed by atoms with Gasteiger partial charge in [0.25, 0.3) is 0 Å². The number of hydrogen-bond donors (Lipinski definition) is 0. The Labute approximate surface area is 68.7 Å². The molecule has 1 aromatic rings. The molecule has 0 aromatic carbocycles. The van der Waals surface area contributed by atoms with Crippen LogP contribution >= 0.6 is 0 Å². The highest BCUT2D eigenvalue weighted by Gasteiger charge is 1.86. The van der Waals surface area contributed by atoms with Gasteiger partial charge in [-0.1, -0.05) is 27.2 Å². The lowest BCUT2D eigenvalue weighted by Gasteiger charge is -1.92. The number of nitrogens with zero attached hydrogens (tertiary/aromatic N) is 2. The third-order valence-corrected chi connectivity index (χ3v) is 1.15. The van der Waals surface area contributed by atoms with Crippen LogP contribution in [0.5, 0.6) is 0 Å². The summed E-state index contributed by atoms with van der Waals surface area (Å²) in [4.78, 5) is 7.78. The largest absolute Gasteiger partial charge is 0.245 e. The van der Waals surface area contributed by atoms with Gasteiger partial charge in [-0.25, -0.2) is 9.97 Å². The topological polar surface area (TPSA) is 25.8 Å². The van der Waals surface area contributed by atoms with Crippen molar-refractivity contribution in [3.8, 4) is 0 Å². The summed E-state index contributed by atoms with van der Waals surface area (Å²) in [5, 5.41) is 0. The number of aromatic nitrogens is 2. The SMILES string of the molecule is CC.CCCc1cncnc1. The maximum absolute atomic E-state index is 3.89. The quantitative estimate of drug-likeness (QED) is 0.650. The fraction of sp³-hybridized carbons (Fsp3) is 0.556. The molecule has 0 bridgehead atoms. The zero-order valence-electron chi connectivity index (χ0n) is 7.54. The standard InChI is InChI=1S/C7H10N2.C2H6/c1-2-3-7-4-8-6-9-5-7;1-2/h4-6H,2-3H2,1H3;1-2H3. The Morgan fingerprint density at radius 3 is 2.18 bits per heavy atom. The molecule has 11 heavy (non-hydrogen) atoms. The van der Waals surface area contributed by atoms with Gasteiger partial charge in [0.1, 0.15) is 6.33 Å². The molecule has 62 valence electrons. The van der Waals surface area contributed by atoms with E-state index >= 15 is 0 Å². The summed E-state index contributed by atoms with van der Waals surface area (Å²) in [7, 11) is 0. The minimum Gasteiger partial charge on any atom is -0.245 e. The molecule has 0 spiro atoms. The van der Waals surface area contributed by atoms with Crippen molar-refractivity contribution in [3.63, 3.8) is 0 Å². The van der Waals surface area contributed by atoms with E-state index in [-0.39, 0.29) is 0 Å². The number of aryl methyl sites for hydroxylation is 1. The molecule has 0 aliphatic heterocycles. The van der Waals surface area contributed by atoms with Gasteiger partial charge >= 0.3 is 0 Å². The second-order valence-electron chi connectivity index (χ2n) is 2.00. The molecule has 0 unspecified atom stereocenters. The molecule has 0 aliphatic rings. The molecular formula is C9H16N2. The average Bonchev–Trinajstić information content (AvgIpc) is 2.11. The molecule has 1 heterocycles. The van der Waals surface area contributed by atoms with E-state index in [0.29, 0.717) is 0 Å². The highest BCUT2D eigenvalue weighted by atomic mass is 14.8. The molecule has 0 atom stereocenters. The number of rotatable bonds is 2. The summed E-state index contributed by atoms with van der Waals surface area (Å²) in [5.41, 5.74) is 1.22. The van der Waals surface area contributed by atoms with Crippen LogP contribution in [0.4, 0.5) is 0 Å². The van der Waals surface area contributed by atoms with Crippen molar-refractivity contribution in [2.75, 3.05) is 0 Å². The van der Waals surface area contributed by atoms with Gasteiger partial charge in [0.2, 0.25) is 0 Å². The van der Waals surface area contributed by atoms with Crippen LogP contribution < -0.4 is 0 Å². The summed E-state index contributed by atoms with van der Waals surface area (Å²) in [6.07, 6.45) is 7.51. The Bertz CT molecular complexity index is 160. The molecule has 2 nitrogen and oxygen atoms in total. The van der Waals surface area contributed by atoms with Gasteiger partial charge < -0.3 is 0 Å². The predicted octanol–water partition coefficient (Wildman–Crippen LogP) is 2.46. The van der Waals surface area contributed by atoms with Crippen molar-refractivity contribution < 1.29 is 0 Å². The summed E-state index contributed by atoms with van der Waals surface area (Å²) >= 11 is 0. The van der Waals surface area contributed by atoms with Gasteiger partial charge in [0.05, 0.1) is 0 Å². The fourth-order valence-corrected chi connectivity index (χ4v) is 0.748. The zero-order valence-corrected chi connectivity index (χ0v) is 7.54. The monoisotopic (exact) mass is 152 g/mol. The first-order valence-electron chi connectivity index (χ1n) is 4.17. The van der Waals surface area contributed by atoms with Crippen LogP contribution in [0.3, 0.4) is 0 Å². The van der Waals surface area contributed by atoms with E-state index in [2.05, 4.69) is 16.9 Å². The third kappa shape index (κ3) is 4.48. The van der Waals surface area contributed by atoms with E-state index < -0.39 is 0 Å². The lowest BCUT2D eigenvalue weighted by atomic mass is 10.2. The molecule has 1 aromatic heterocycles. The van der Waals surface area contributed by atoms with Crippen LogP contribution in [-0.4, -0.2) is 9.97 Å². The van der Waals surface area contributed by atoms with Gasteiger partial charge in [-0.2, -0.15) is 0 Å².